The molecular weight excluding hydrogens is 228 g/mol. The molecule has 0 atom stereocenters. The van der Waals surface area contributed by atoms with Crippen LogP contribution in [0.15, 0.2) is 72.8 Å². The van der Waals surface area contributed by atoms with Crippen LogP contribution in [0.25, 0.3) is 11.1 Å². The molecule has 1 radical (unpaired) electrons. The van der Waals surface area contributed by atoms with E-state index in [0.717, 1.165) is 0 Å². The minimum absolute atomic E-state index is 0.352. The summed E-state index contributed by atoms with van der Waals surface area (Å²) in [5, 5.41) is 0. The van der Waals surface area contributed by atoms with Crippen LogP contribution < -0.4 is 0 Å². The lowest BCUT2D eigenvalue weighted by atomic mass is 9.89. The minimum atomic E-state index is 0.352. The van der Waals surface area contributed by atoms with Crippen LogP contribution in [0.3, 0.4) is 0 Å². The second kappa shape index (κ2) is 4.10. The van der Waals surface area contributed by atoms with Crippen LogP contribution in [-0.4, -0.2) is 0 Å². The van der Waals surface area contributed by atoms with Gasteiger partial charge in [-0.2, -0.15) is 0 Å². The molecule has 0 heteroatoms. The lowest BCUT2D eigenvalue weighted by Crippen LogP contribution is -1.98. The Balaban J connectivity index is 2.02. The maximum atomic E-state index is 3.20. The molecule has 0 bridgehead atoms. The van der Waals surface area contributed by atoms with Crippen LogP contribution >= 0.6 is 0 Å². The van der Waals surface area contributed by atoms with Crippen molar-refractivity contribution in [3.63, 3.8) is 0 Å². The first-order valence-electron chi connectivity index (χ1n) is 6.59. The van der Waals surface area contributed by atoms with Gasteiger partial charge in [0.2, 0.25) is 0 Å². The van der Waals surface area contributed by atoms with Crippen molar-refractivity contribution in [3.05, 3.63) is 95.6 Å². The molecule has 0 saturated carbocycles. The third kappa shape index (κ3) is 1.53. The first-order valence-corrected chi connectivity index (χ1v) is 6.59. The second-order valence-electron chi connectivity index (χ2n) is 4.94. The molecular formula is C19H13. The van der Waals surface area contributed by atoms with Crippen LogP contribution in [0.1, 0.15) is 22.6 Å². The predicted octanol–water partition coefficient (Wildman–Crippen LogP) is 4.65. The molecule has 0 saturated heterocycles. The summed E-state index contributed by atoms with van der Waals surface area (Å²) in [5.41, 5.74) is 6.87. The van der Waals surface area contributed by atoms with Gasteiger partial charge in [0.15, 0.2) is 0 Å². The molecule has 3 aromatic rings. The number of rotatable bonds is 1. The smallest absolute Gasteiger partial charge is 0.0352 e. The van der Waals surface area contributed by atoms with Crippen molar-refractivity contribution < 1.29 is 0 Å². The highest BCUT2D eigenvalue weighted by molar-refractivity contribution is 5.80. The van der Waals surface area contributed by atoms with E-state index in [1.165, 1.54) is 27.8 Å². The van der Waals surface area contributed by atoms with Gasteiger partial charge in [0.05, 0.1) is 0 Å². The first kappa shape index (κ1) is 10.6. The Morgan fingerprint density at radius 1 is 0.684 bits per heavy atom. The number of fused-ring (bicyclic) bond motifs is 3. The molecule has 89 valence electrons. The third-order valence-corrected chi connectivity index (χ3v) is 3.90. The van der Waals surface area contributed by atoms with Gasteiger partial charge in [0.1, 0.15) is 0 Å². The number of benzene rings is 3. The van der Waals surface area contributed by atoms with Crippen molar-refractivity contribution >= 4 is 0 Å². The number of hydrogen-bond acceptors (Lipinski definition) is 0. The molecule has 1 aliphatic rings. The topological polar surface area (TPSA) is 0 Å². The summed E-state index contributed by atoms with van der Waals surface area (Å²) in [5.74, 6) is 0.352. The molecule has 0 amide bonds. The molecule has 19 heavy (non-hydrogen) atoms. The molecule has 0 unspecified atom stereocenters. The zero-order valence-electron chi connectivity index (χ0n) is 10.5. The van der Waals surface area contributed by atoms with E-state index in [1.54, 1.807) is 0 Å². The van der Waals surface area contributed by atoms with Crippen LogP contribution in [-0.2, 0) is 0 Å². The summed E-state index contributed by atoms with van der Waals surface area (Å²) in [6.45, 7) is 0. The van der Waals surface area contributed by atoms with Gasteiger partial charge in [-0.15, -0.1) is 0 Å². The Labute approximate surface area is 113 Å². The largest absolute Gasteiger partial charge is 0.0619 e. The van der Waals surface area contributed by atoms with E-state index < -0.39 is 0 Å². The van der Waals surface area contributed by atoms with Crippen molar-refractivity contribution in [1.82, 2.24) is 0 Å². The van der Waals surface area contributed by atoms with Gasteiger partial charge in [-0.25, -0.2) is 0 Å². The Morgan fingerprint density at radius 2 is 1.32 bits per heavy atom. The number of hydrogen-bond donors (Lipinski definition) is 0. The molecule has 3 aromatic carbocycles. The van der Waals surface area contributed by atoms with E-state index in [0.29, 0.717) is 5.92 Å². The summed E-state index contributed by atoms with van der Waals surface area (Å²) < 4.78 is 0. The molecule has 1 aliphatic carbocycles. The van der Waals surface area contributed by atoms with Crippen molar-refractivity contribution in [3.8, 4) is 11.1 Å². The van der Waals surface area contributed by atoms with E-state index in [2.05, 4.69) is 72.8 Å². The van der Waals surface area contributed by atoms with Crippen molar-refractivity contribution in [2.24, 2.45) is 0 Å². The molecule has 4 rings (SSSR count). The molecule has 0 fully saturated rings. The monoisotopic (exact) mass is 241 g/mol. The molecule has 0 spiro atoms. The highest BCUT2D eigenvalue weighted by Crippen LogP contribution is 2.47. The average Bonchev–Trinajstić information content (AvgIpc) is 2.83. The van der Waals surface area contributed by atoms with Crippen LogP contribution in [0, 0.1) is 6.07 Å². The van der Waals surface area contributed by atoms with Crippen LogP contribution in [0.2, 0.25) is 0 Å². The Hall–Kier alpha value is -2.34. The third-order valence-electron chi connectivity index (χ3n) is 3.90. The van der Waals surface area contributed by atoms with Crippen molar-refractivity contribution in [2.75, 3.05) is 0 Å². The summed E-state index contributed by atoms with van der Waals surface area (Å²) >= 11 is 0. The summed E-state index contributed by atoms with van der Waals surface area (Å²) in [6.07, 6.45) is 0. The zero-order valence-corrected chi connectivity index (χ0v) is 10.5. The summed E-state index contributed by atoms with van der Waals surface area (Å²) in [7, 11) is 0. The summed E-state index contributed by atoms with van der Waals surface area (Å²) in [6, 6.07) is 28.9. The fraction of sp³-hybridized carbons (Fsp3) is 0.0526. The molecule has 0 aliphatic heterocycles. The Kier molecular flexibility index (Phi) is 2.28. The van der Waals surface area contributed by atoms with Gasteiger partial charge in [-0.1, -0.05) is 72.8 Å². The fourth-order valence-corrected chi connectivity index (χ4v) is 3.10. The van der Waals surface area contributed by atoms with E-state index >= 15 is 0 Å². The predicted molar refractivity (Wildman–Crippen MR) is 78.1 cm³/mol. The first-order chi connectivity index (χ1) is 9.45. The van der Waals surface area contributed by atoms with Gasteiger partial charge >= 0.3 is 0 Å². The highest BCUT2D eigenvalue weighted by atomic mass is 14.3. The molecule has 0 heterocycles. The van der Waals surface area contributed by atoms with Gasteiger partial charge in [0.25, 0.3) is 0 Å². The van der Waals surface area contributed by atoms with Crippen molar-refractivity contribution in [1.29, 1.82) is 0 Å². The maximum Gasteiger partial charge on any atom is 0.0352 e. The standard InChI is InChI=1S/C19H13/c1-2-8-14(9-3-1)19-17-12-6-4-10-15(17)16-11-5-7-13-18(16)19/h1-2,4-13,19H. The Morgan fingerprint density at radius 3 is 1.89 bits per heavy atom. The SMILES string of the molecule is [c]1cccc(C2c3ccccc3-c3ccccc32)c1. The average molecular weight is 241 g/mol. The van der Waals surface area contributed by atoms with Gasteiger partial charge in [-0.3, -0.25) is 0 Å². The lowest BCUT2D eigenvalue weighted by Gasteiger charge is -2.13. The van der Waals surface area contributed by atoms with Crippen LogP contribution in [0.4, 0.5) is 0 Å². The van der Waals surface area contributed by atoms with Gasteiger partial charge < -0.3 is 0 Å². The van der Waals surface area contributed by atoms with Crippen molar-refractivity contribution in [2.45, 2.75) is 5.92 Å². The highest BCUT2D eigenvalue weighted by Gasteiger charge is 2.28. The van der Waals surface area contributed by atoms with E-state index in [9.17, 15) is 0 Å². The zero-order chi connectivity index (χ0) is 12.7. The van der Waals surface area contributed by atoms with E-state index in [-0.39, 0.29) is 0 Å². The maximum absolute atomic E-state index is 3.20. The molecule has 0 aromatic heterocycles. The Bertz CT molecular complexity index is 680. The van der Waals surface area contributed by atoms with Crippen LogP contribution in [0.5, 0.6) is 0 Å². The molecule has 0 nitrogen and oxygen atoms in total. The normalized spacial score (nSPS) is 13.1. The van der Waals surface area contributed by atoms with E-state index in [1.807, 2.05) is 6.07 Å². The minimum Gasteiger partial charge on any atom is -0.0619 e. The fourth-order valence-electron chi connectivity index (χ4n) is 3.10. The summed E-state index contributed by atoms with van der Waals surface area (Å²) in [4.78, 5) is 0. The quantitative estimate of drug-likeness (QED) is 0.455. The van der Waals surface area contributed by atoms with E-state index in [4.69, 9.17) is 0 Å². The lowest BCUT2D eigenvalue weighted by molar-refractivity contribution is 1.01. The van der Waals surface area contributed by atoms with Gasteiger partial charge in [-0.05, 0) is 33.9 Å². The second-order valence-corrected chi connectivity index (χ2v) is 4.94. The molecule has 0 N–H and O–H groups in total. The van der Waals surface area contributed by atoms with Gasteiger partial charge in [0, 0.05) is 5.92 Å².